The van der Waals surface area contributed by atoms with Gasteiger partial charge in [-0.1, -0.05) is 11.6 Å². The second-order valence-electron chi connectivity index (χ2n) is 3.18. The van der Waals surface area contributed by atoms with Gasteiger partial charge in [0.1, 0.15) is 5.69 Å². The minimum atomic E-state index is 0.277. The molecule has 0 atom stereocenters. The molecule has 3 heterocycles. The van der Waals surface area contributed by atoms with Gasteiger partial charge in [0.05, 0.1) is 9.90 Å². The van der Waals surface area contributed by atoms with Crippen LogP contribution < -0.4 is 5.73 Å². The second kappa shape index (κ2) is 3.43. The standard InChI is InChI=1S/C9H6ClN5S/c10-5-3-7(16-4-5)6-1-2-8-12-13-9(11)15(8)14-6/h1-4H,(H2,11,13). The van der Waals surface area contributed by atoms with Crippen molar-refractivity contribution in [1.82, 2.24) is 19.8 Å². The SMILES string of the molecule is Nc1nnc2ccc(-c3cc(Cl)cs3)nn12. The van der Waals surface area contributed by atoms with Crippen molar-refractivity contribution in [2.75, 3.05) is 5.73 Å². The number of hydrogen-bond acceptors (Lipinski definition) is 5. The van der Waals surface area contributed by atoms with Crippen LogP contribution in [0.2, 0.25) is 5.02 Å². The third-order valence-corrected chi connectivity index (χ3v) is 3.41. The maximum absolute atomic E-state index is 5.87. The highest BCUT2D eigenvalue weighted by Crippen LogP contribution is 2.28. The van der Waals surface area contributed by atoms with Crippen LogP contribution in [0.25, 0.3) is 16.2 Å². The summed E-state index contributed by atoms with van der Waals surface area (Å²) < 4.78 is 1.50. The van der Waals surface area contributed by atoms with E-state index in [1.807, 2.05) is 23.6 Å². The largest absolute Gasteiger partial charge is 0.366 e. The van der Waals surface area contributed by atoms with E-state index >= 15 is 0 Å². The van der Waals surface area contributed by atoms with E-state index in [2.05, 4.69) is 15.3 Å². The molecule has 0 unspecified atom stereocenters. The van der Waals surface area contributed by atoms with Crippen molar-refractivity contribution in [3.8, 4) is 10.6 Å². The molecule has 0 saturated heterocycles. The Bertz CT molecular complexity index is 659. The van der Waals surface area contributed by atoms with Crippen LogP contribution >= 0.6 is 22.9 Å². The fraction of sp³-hybridized carbons (Fsp3) is 0. The Hall–Kier alpha value is -1.66. The zero-order valence-corrected chi connectivity index (χ0v) is 9.53. The van der Waals surface area contributed by atoms with Gasteiger partial charge in [-0.25, -0.2) is 0 Å². The number of anilines is 1. The second-order valence-corrected chi connectivity index (χ2v) is 4.52. The lowest BCUT2D eigenvalue weighted by atomic mass is 10.3. The summed E-state index contributed by atoms with van der Waals surface area (Å²) in [5.74, 6) is 0.277. The summed E-state index contributed by atoms with van der Waals surface area (Å²) in [6, 6.07) is 5.55. The Morgan fingerprint density at radius 1 is 1.31 bits per heavy atom. The smallest absolute Gasteiger partial charge is 0.243 e. The molecule has 0 spiro atoms. The molecule has 0 aliphatic rings. The zero-order chi connectivity index (χ0) is 11.1. The molecular weight excluding hydrogens is 246 g/mol. The fourth-order valence-corrected chi connectivity index (χ4v) is 2.42. The van der Waals surface area contributed by atoms with Gasteiger partial charge < -0.3 is 5.73 Å². The van der Waals surface area contributed by atoms with Gasteiger partial charge >= 0.3 is 0 Å². The van der Waals surface area contributed by atoms with E-state index in [1.54, 1.807) is 0 Å². The number of halogens is 1. The first-order valence-corrected chi connectivity index (χ1v) is 5.72. The van der Waals surface area contributed by atoms with Gasteiger partial charge in [-0.05, 0) is 18.2 Å². The molecule has 0 bridgehead atoms. The van der Waals surface area contributed by atoms with Crippen LogP contribution in [-0.2, 0) is 0 Å². The summed E-state index contributed by atoms with van der Waals surface area (Å²) in [7, 11) is 0. The molecule has 0 fully saturated rings. The Kier molecular flexibility index (Phi) is 2.05. The lowest BCUT2D eigenvalue weighted by molar-refractivity contribution is 0.948. The van der Waals surface area contributed by atoms with E-state index in [0.717, 1.165) is 10.6 Å². The van der Waals surface area contributed by atoms with Crippen molar-refractivity contribution < 1.29 is 0 Å². The molecular formula is C9H6ClN5S. The van der Waals surface area contributed by atoms with Crippen molar-refractivity contribution in [3.05, 3.63) is 28.6 Å². The van der Waals surface area contributed by atoms with Crippen LogP contribution in [0.4, 0.5) is 5.95 Å². The number of thiophene rings is 1. The van der Waals surface area contributed by atoms with E-state index < -0.39 is 0 Å². The number of nitrogens with zero attached hydrogens (tertiary/aromatic N) is 4. The van der Waals surface area contributed by atoms with Gasteiger partial charge in [0.25, 0.3) is 0 Å². The van der Waals surface area contributed by atoms with Crippen molar-refractivity contribution >= 4 is 34.5 Å². The number of hydrogen-bond donors (Lipinski definition) is 1. The van der Waals surface area contributed by atoms with Crippen LogP contribution in [0, 0.1) is 0 Å². The molecule has 2 N–H and O–H groups in total. The Morgan fingerprint density at radius 2 is 2.19 bits per heavy atom. The monoisotopic (exact) mass is 251 g/mol. The predicted molar refractivity (Wildman–Crippen MR) is 63.5 cm³/mol. The normalized spacial score (nSPS) is 11.1. The third kappa shape index (κ3) is 1.43. The summed E-state index contributed by atoms with van der Waals surface area (Å²) >= 11 is 7.40. The van der Waals surface area contributed by atoms with E-state index in [4.69, 9.17) is 17.3 Å². The number of rotatable bonds is 1. The van der Waals surface area contributed by atoms with Crippen molar-refractivity contribution in [3.63, 3.8) is 0 Å². The van der Waals surface area contributed by atoms with Crippen LogP contribution in [0.1, 0.15) is 0 Å². The van der Waals surface area contributed by atoms with Crippen molar-refractivity contribution in [1.29, 1.82) is 0 Å². The van der Waals surface area contributed by atoms with Crippen LogP contribution in [0.5, 0.6) is 0 Å². The average Bonchev–Trinajstić information content (AvgIpc) is 2.86. The third-order valence-electron chi connectivity index (χ3n) is 2.11. The minimum absolute atomic E-state index is 0.277. The van der Waals surface area contributed by atoms with Crippen molar-refractivity contribution in [2.24, 2.45) is 0 Å². The fourth-order valence-electron chi connectivity index (χ4n) is 1.38. The van der Waals surface area contributed by atoms with Gasteiger partial charge in [0, 0.05) is 5.38 Å². The van der Waals surface area contributed by atoms with E-state index in [0.29, 0.717) is 10.7 Å². The Labute approximate surface area is 99.5 Å². The molecule has 0 amide bonds. The highest BCUT2D eigenvalue weighted by atomic mass is 35.5. The number of nitrogen functional groups attached to an aromatic ring is 1. The van der Waals surface area contributed by atoms with Gasteiger partial charge in [0.2, 0.25) is 5.95 Å². The van der Waals surface area contributed by atoms with E-state index in [-0.39, 0.29) is 5.95 Å². The Morgan fingerprint density at radius 3 is 2.94 bits per heavy atom. The maximum Gasteiger partial charge on any atom is 0.243 e. The van der Waals surface area contributed by atoms with Crippen LogP contribution in [0.3, 0.4) is 0 Å². The molecule has 0 radical (unpaired) electrons. The average molecular weight is 252 g/mol. The number of fused-ring (bicyclic) bond motifs is 1. The van der Waals surface area contributed by atoms with Gasteiger partial charge in [-0.2, -0.15) is 9.61 Å². The minimum Gasteiger partial charge on any atom is -0.366 e. The van der Waals surface area contributed by atoms with E-state index in [1.165, 1.54) is 15.9 Å². The van der Waals surface area contributed by atoms with Crippen LogP contribution in [-0.4, -0.2) is 19.8 Å². The Balaban J connectivity index is 2.21. The van der Waals surface area contributed by atoms with Gasteiger partial charge in [0.15, 0.2) is 5.65 Å². The lowest BCUT2D eigenvalue weighted by Crippen LogP contribution is -1.98. The van der Waals surface area contributed by atoms with Gasteiger partial charge in [-0.3, -0.25) is 0 Å². The maximum atomic E-state index is 5.87. The lowest BCUT2D eigenvalue weighted by Gasteiger charge is -1.97. The highest BCUT2D eigenvalue weighted by molar-refractivity contribution is 7.14. The molecule has 5 nitrogen and oxygen atoms in total. The summed E-state index contributed by atoms with van der Waals surface area (Å²) in [5.41, 5.74) is 7.06. The van der Waals surface area contributed by atoms with Gasteiger partial charge in [-0.15, -0.1) is 21.5 Å². The molecule has 3 aromatic heterocycles. The molecule has 3 rings (SSSR count). The molecule has 0 saturated carbocycles. The summed E-state index contributed by atoms with van der Waals surface area (Å²) in [6.45, 7) is 0. The summed E-state index contributed by atoms with van der Waals surface area (Å²) in [4.78, 5) is 0.986. The molecule has 0 aliphatic carbocycles. The first kappa shape index (κ1) is 9.56. The summed E-state index contributed by atoms with van der Waals surface area (Å²) in [5, 5.41) is 14.5. The predicted octanol–water partition coefficient (Wildman–Crippen LogP) is 2.09. The summed E-state index contributed by atoms with van der Waals surface area (Å²) in [6.07, 6.45) is 0. The zero-order valence-electron chi connectivity index (χ0n) is 7.96. The topological polar surface area (TPSA) is 69.1 Å². The first-order valence-electron chi connectivity index (χ1n) is 4.46. The molecule has 3 aromatic rings. The number of nitrogens with two attached hydrogens (primary N) is 1. The van der Waals surface area contributed by atoms with Crippen molar-refractivity contribution in [2.45, 2.75) is 0 Å². The molecule has 0 aromatic carbocycles. The quantitative estimate of drug-likeness (QED) is 0.719. The number of aromatic nitrogens is 4. The molecule has 0 aliphatic heterocycles. The first-order chi connectivity index (χ1) is 7.74. The van der Waals surface area contributed by atoms with Crippen LogP contribution in [0.15, 0.2) is 23.6 Å². The molecule has 80 valence electrons. The molecule has 16 heavy (non-hydrogen) atoms. The molecule has 7 heteroatoms. The van der Waals surface area contributed by atoms with E-state index in [9.17, 15) is 0 Å². The highest BCUT2D eigenvalue weighted by Gasteiger charge is 2.07.